The van der Waals surface area contributed by atoms with Crippen molar-refractivity contribution in [2.75, 3.05) is 5.32 Å². The lowest BCUT2D eigenvalue weighted by atomic mass is 10.4. The first-order chi connectivity index (χ1) is 9.76. The maximum atomic E-state index is 12.3. The standard InChI is InChI=1S/C11H8BrClF3N3OS/c12-8-2-1-6(21-8)3-17-7-4-18-19(5-11(14,15)16)10(20)9(7)13/h1-2,4,17H,3,5H2. The van der Waals surface area contributed by atoms with Crippen LogP contribution >= 0.6 is 38.9 Å². The molecule has 2 rings (SSSR count). The average molecular weight is 403 g/mol. The first-order valence-electron chi connectivity index (χ1n) is 5.57. The third-order valence-electron chi connectivity index (χ3n) is 2.40. The summed E-state index contributed by atoms with van der Waals surface area (Å²) < 4.78 is 38.0. The summed E-state index contributed by atoms with van der Waals surface area (Å²) >= 11 is 10.6. The molecule has 0 fully saturated rings. The van der Waals surface area contributed by atoms with Crippen molar-refractivity contribution in [3.8, 4) is 0 Å². The molecule has 0 spiro atoms. The lowest BCUT2D eigenvalue weighted by Gasteiger charge is -2.11. The van der Waals surface area contributed by atoms with Gasteiger partial charge >= 0.3 is 6.18 Å². The minimum atomic E-state index is -4.53. The number of rotatable bonds is 4. The van der Waals surface area contributed by atoms with E-state index in [0.29, 0.717) is 6.54 Å². The molecule has 0 atom stereocenters. The van der Waals surface area contributed by atoms with E-state index in [1.54, 1.807) is 0 Å². The van der Waals surface area contributed by atoms with Crippen molar-refractivity contribution in [1.29, 1.82) is 0 Å². The van der Waals surface area contributed by atoms with Crippen molar-refractivity contribution in [3.05, 3.63) is 42.4 Å². The number of hydrogen-bond acceptors (Lipinski definition) is 4. The molecular weight excluding hydrogens is 395 g/mol. The van der Waals surface area contributed by atoms with Crippen LogP contribution in [0.2, 0.25) is 5.02 Å². The second kappa shape index (κ2) is 6.37. The van der Waals surface area contributed by atoms with Gasteiger partial charge in [-0.3, -0.25) is 4.79 Å². The Morgan fingerprint density at radius 3 is 2.71 bits per heavy atom. The smallest absolute Gasteiger partial charge is 0.377 e. The molecule has 0 aromatic carbocycles. The van der Waals surface area contributed by atoms with Gasteiger partial charge in [0.05, 0.1) is 15.7 Å². The van der Waals surface area contributed by atoms with Gasteiger partial charge in [0.1, 0.15) is 11.6 Å². The lowest BCUT2D eigenvalue weighted by molar-refractivity contribution is -0.143. The molecule has 0 aliphatic carbocycles. The van der Waals surface area contributed by atoms with Crippen molar-refractivity contribution in [2.45, 2.75) is 19.3 Å². The summed E-state index contributed by atoms with van der Waals surface area (Å²) in [5.74, 6) is 0. The van der Waals surface area contributed by atoms with Crippen LogP contribution in [0.1, 0.15) is 4.88 Å². The Hall–Kier alpha value is -1.06. The minimum Gasteiger partial charge on any atom is -0.377 e. The Labute approximate surface area is 134 Å². The van der Waals surface area contributed by atoms with Crippen molar-refractivity contribution >= 4 is 44.6 Å². The maximum Gasteiger partial charge on any atom is 0.408 e. The van der Waals surface area contributed by atoms with Crippen LogP contribution in [-0.4, -0.2) is 16.0 Å². The van der Waals surface area contributed by atoms with Gasteiger partial charge in [0.15, 0.2) is 0 Å². The summed E-state index contributed by atoms with van der Waals surface area (Å²) in [5, 5.41) is 6.03. The van der Waals surface area contributed by atoms with Crippen LogP contribution in [0.15, 0.2) is 26.9 Å². The Bertz CT molecular complexity index is 701. The second-order valence-corrected chi connectivity index (χ2v) is 6.94. The highest BCUT2D eigenvalue weighted by atomic mass is 79.9. The molecule has 2 aromatic rings. The van der Waals surface area contributed by atoms with E-state index in [-0.39, 0.29) is 15.4 Å². The minimum absolute atomic E-state index is 0.199. The molecule has 21 heavy (non-hydrogen) atoms. The van der Waals surface area contributed by atoms with Gasteiger partial charge < -0.3 is 5.32 Å². The topological polar surface area (TPSA) is 46.9 Å². The molecule has 0 radical (unpaired) electrons. The van der Waals surface area contributed by atoms with Gasteiger partial charge in [-0.05, 0) is 28.1 Å². The first kappa shape index (κ1) is 16.3. The number of alkyl halides is 3. The molecule has 2 aromatic heterocycles. The average Bonchev–Trinajstić information content (AvgIpc) is 2.79. The number of anilines is 1. The number of aromatic nitrogens is 2. The van der Waals surface area contributed by atoms with Crippen molar-refractivity contribution in [1.82, 2.24) is 9.78 Å². The van der Waals surface area contributed by atoms with Gasteiger partial charge in [0.25, 0.3) is 5.56 Å². The molecule has 0 amide bonds. The third-order valence-corrected chi connectivity index (χ3v) is 4.38. The summed E-state index contributed by atoms with van der Waals surface area (Å²) in [6.07, 6.45) is -3.42. The third kappa shape index (κ3) is 4.45. The summed E-state index contributed by atoms with van der Waals surface area (Å²) in [6, 6.07) is 3.73. The van der Waals surface area contributed by atoms with Crippen LogP contribution in [0.5, 0.6) is 0 Å². The van der Waals surface area contributed by atoms with Gasteiger partial charge in [-0.1, -0.05) is 11.6 Å². The van der Waals surface area contributed by atoms with E-state index in [0.717, 1.165) is 14.9 Å². The number of nitrogens with one attached hydrogen (secondary N) is 1. The number of hydrogen-bond donors (Lipinski definition) is 1. The van der Waals surface area contributed by atoms with Crippen LogP contribution in [0.4, 0.5) is 18.9 Å². The Balaban J connectivity index is 2.15. The monoisotopic (exact) mass is 401 g/mol. The Morgan fingerprint density at radius 1 is 1.43 bits per heavy atom. The highest BCUT2D eigenvalue weighted by molar-refractivity contribution is 9.11. The van der Waals surface area contributed by atoms with Crippen LogP contribution < -0.4 is 10.9 Å². The summed E-state index contributed by atoms with van der Waals surface area (Å²) in [5.41, 5.74) is -0.782. The molecule has 1 N–H and O–H groups in total. The Kier molecular flexibility index (Phi) is 4.95. The van der Waals surface area contributed by atoms with Crippen LogP contribution in [0.3, 0.4) is 0 Å². The predicted octanol–water partition coefficient (Wildman–Crippen LogP) is 3.90. The fourth-order valence-corrected chi connectivity index (χ4v) is 3.14. The van der Waals surface area contributed by atoms with Crippen molar-refractivity contribution in [2.24, 2.45) is 0 Å². The summed E-state index contributed by atoms with van der Waals surface area (Å²) in [6.45, 7) is -1.08. The van der Waals surface area contributed by atoms with E-state index < -0.39 is 18.3 Å². The summed E-state index contributed by atoms with van der Waals surface area (Å²) in [4.78, 5) is 12.7. The molecule has 10 heteroatoms. The lowest BCUT2D eigenvalue weighted by Crippen LogP contribution is -2.30. The zero-order chi connectivity index (χ0) is 15.6. The Morgan fingerprint density at radius 2 is 2.14 bits per heavy atom. The van der Waals surface area contributed by atoms with E-state index in [2.05, 4.69) is 26.3 Å². The maximum absolute atomic E-state index is 12.3. The highest BCUT2D eigenvalue weighted by Crippen LogP contribution is 2.24. The second-order valence-electron chi connectivity index (χ2n) is 4.01. The molecule has 0 bridgehead atoms. The van der Waals surface area contributed by atoms with Crippen molar-refractivity contribution < 1.29 is 13.2 Å². The van der Waals surface area contributed by atoms with Gasteiger partial charge in [0.2, 0.25) is 0 Å². The zero-order valence-corrected chi connectivity index (χ0v) is 13.4. The first-order valence-corrected chi connectivity index (χ1v) is 7.55. The number of thiophene rings is 1. The van der Waals surface area contributed by atoms with Crippen LogP contribution in [0.25, 0.3) is 0 Å². The molecule has 0 unspecified atom stereocenters. The zero-order valence-electron chi connectivity index (χ0n) is 10.2. The quantitative estimate of drug-likeness (QED) is 0.844. The molecular formula is C11H8BrClF3N3OS. The van der Waals surface area contributed by atoms with Gasteiger partial charge in [-0.25, -0.2) is 4.68 Å². The molecule has 0 aliphatic rings. The number of nitrogens with zero attached hydrogens (tertiary/aromatic N) is 2. The molecule has 2 heterocycles. The largest absolute Gasteiger partial charge is 0.408 e. The molecule has 0 aliphatic heterocycles. The number of halogens is 5. The van der Waals surface area contributed by atoms with E-state index in [4.69, 9.17) is 11.6 Å². The molecule has 0 saturated carbocycles. The van der Waals surface area contributed by atoms with E-state index in [1.165, 1.54) is 11.3 Å². The fraction of sp³-hybridized carbons (Fsp3) is 0.273. The predicted molar refractivity (Wildman–Crippen MR) is 78.9 cm³/mol. The van der Waals surface area contributed by atoms with Gasteiger partial charge in [0, 0.05) is 11.4 Å². The molecule has 0 saturated heterocycles. The van der Waals surface area contributed by atoms with E-state index in [9.17, 15) is 18.0 Å². The molecule has 114 valence electrons. The van der Waals surface area contributed by atoms with Crippen LogP contribution in [0, 0.1) is 0 Å². The summed E-state index contributed by atoms with van der Waals surface area (Å²) in [7, 11) is 0. The highest BCUT2D eigenvalue weighted by Gasteiger charge is 2.29. The normalized spacial score (nSPS) is 11.7. The van der Waals surface area contributed by atoms with Crippen molar-refractivity contribution in [3.63, 3.8) is 0 Å². The van der Waals surface area contributed by atoms with Gasteiger partial charge in [-0.15, -0.1) is 11.3 Å². The van der Waals surface area contributed by atoms with E-state index >= 15 is 0 Å². The van der Waals surface area contributed by atoms with Gasteiger partial charge in [-0.2, -0.15) is 18.3 Å². The van der Waals surface area contributed by atoms with E-state index in [1.807, 2.05) is 12.1 Å². The molecule has 4 nitrogen and oxygen atoms in total. The SMILES string of the molecule is O=c1c(Cl)c(NCc2ccc(Br)s2)cnn1CC(F)(F)F. The van der Waals surface area contributed by atoms with Crippen LogP contribution in [-0.2, 0) is 13.1 Å². The fourth-order valence-electron chi connectivity index (χ4n) is 1.50.